The van der Waals surface area contributed by atoms with Crippen molar-refractivity contribution in [1.29, 1.82) is 0 Å². The average Bonchev–Trinajstić information content (AvgIpc) is 2.76. The van der Waals surface area contributed by atoms with E-state index in [4.69, 9.17) is 4.74 Å². The van der Waals surface area contributed by atoms with Crippen LogP contribution >= 0.6 is 0 Å². The van der Waals surface area contributed by atoms with Crippen LogP contribution in [0.3, 0.4) is 0 Å². The molecule has 1 aliphatic rings. The number of alkyl halides is 3. The number of halogens is 3. The first-order valence-corrected chi connectivity index (χ1v) is 7.26. The van der Waals surface area contributed by atoms with Crippen molar-refractivity contribution in [2.75, 3.05) is 39.5 Å². The highest BCUT2D eigenvalue weighted by Crippen LogP contribution is 2.33. The Bertz CT molecular complexity index is 264. The van der Waals surface area contributed by atoms with Crippen molar-refractivity contribution in [2.24, 2.45) is 11.3 Å². The van der Waals surface area contributed by atoms with Gasteiger partial charge in [0.1, 0.15) is 6.61 Å². The van der Waals surface area contributed by atoms with E-state index in [1.807, 2.05) is 0 Å². The van der Waals surface area contributed by atoms with Gasteiger partial charge < -0.3 is 14.8 Å². The molecular weight excluding hydrogens is 271 g/mol. The summed E-state index contributed by atoms with van der Waals surface area (Å²) >= 11 is 0. The molecule has 1 rings (SSSR count). The van der Waals surface area contributed by atoms with Crippen molar-refractivity contribution in [3.8, 4) is 0 Å². The van der Waals surface area contributed by atoms with E-state index >= 15 is 0 Å². The van der Waals surface area contributed by atoms with Gasteiger partial charge in [-0.3, -0.25) is 0 Å². The lowest BCUT2D eigenvalue weighted by molar-refractivity contribution is -0.174. The van der Waals surface area contributed by atoms with Crippen LogP contribution in [0.4, 0.5) is 13.2 Å². The zero-order chi connectivity index (χ0) is 15.1. The summed E-state index contributed by atoms with van der Waals surface area (Å²) in [6.45, 7) is 6.56. The number of hydrogen-bond acceptors (Lipinski definition) is 3. The molecule has 3 nitrogen and oxygen atoms in total. The van der Waals surface area contributed by atoms with E-state index < -0.39 is 12.8 Å². The Balaban J connectivity index is 2.21. The van der Waals surface area contributed by atoms with Gasteiger partial charge in [-0.05, 0) is 31.7 Å². The van der Waals surface area contributed by atoms with E-state index in [0.29, 0.717) is 18.9 Å². The molecule has 0 aromatic heterocycles. The molecule has 120 valence electrons. The second-order valence-electron chi connectivity index (χ2n) is 6.10. The maximum absolute atomic E-state index is 11.9. The van der Waals surface area contributed by atoms with Crippen LogP contribution in [0, 0.1) is 11.3 Å². The highest BCUT2D eigenvalue weighted by Gasteiger charge is 2.34. The standard InChI is InChI=1S/C14H26F3NO2/c1-12(2)8-18-9-13(5-7-20-10-13)4-3-6-19-11-14(15,16)17/h12,18H,3-11H2,1-2H3. The van der Waals surface area contributed by atoms with Crippen molar-refractivity contribution in [3.05, 3.63) is 0 Å². The lowest BCUT2D eigenvalue weighted by Gasteiger charge is -2.28. The zero-order valence-corrected chi connectivity index (χ0v) is 12.4. The molecule has 0 amide bonds. The Hall–Kier alpha value is -0.330. The normalized spacial score (nSPS) is 23.7. The fourth-order valence-corrected chi connectivity index (χ4v) is 2.44. The summed E-state index contributed by atoms with van der Waals surface area (Å²) in [4.78, 5) is 0. The Labute approximate surface area is 119 Å². The Morgan fingerprint density at radius 2 is 2.10 bits per heavy atom. The molecule has 0 saturated carbocycles. The molecular formula is C14H26F3NO2. The first kappa shape index (κ1) is 17.7. The molecule has 6 heteroatoms. The van der Waals surface area contributed by atoms with E-state index in [0.717, 1.165) is 32.5 Å². The lowest BCUT2D eigenvalue weighted by atomic mass is 9.82. The maximum atomic E-state index is 11.9. The molecule has 0 aromatic carbocycles. The first-order chi connectivity index (χ1) is 9.33. The summed E-state index contributed by atoms with van der Waals surface area (Å²) in [6, 6.07) is 0. The minimum Gasteiger partial charge on any atom is -0.381 e. The van der Waals surface area contributed by atoms with Crippen molar-refractivity contribution < 1.29 is 22.6 Å². The summed E-state index contributed by atoms with van der Waals surface area (Å²) < 4.78 is 46.0. The highest BCUT2D eigenvalue weighted by molar-refractivity contribution is 4.85. The third kappa shape index (κ3) is 7.45. The second-order valence-corrected chi connectivity index (χ2v) is 6.10. The number of ether oxygens (including phenoxy) is 2. The third-order valence-corrected chi connectivity index (χ3v) is 3.50. The van der Waals surface area contributed by atoms with Gasteiger partial charge in [-0.1, -0.05) is 13.8 Å². The molecule has 1 N–H and O–H groups in total. The molecule has 1 unspecified atom stereocenters. The van der Waals surface area contributed by atoms with E-state index in [9.17, 15) is 13.2 Å². The lowest BCUT2D eigenvalue weighted by Crippen LogP contribution is -2.36. The number of hydrogen-bond donors (Lipinski definition) is 1. The van der Waals surface area contributed by atoms with Crippen LogP contribution in [-0.2, 0) is 9.47 Å². The van der Waals surface area contributed by atoms with Gasteiger partial charge in [-0.15, -0.1) is 0 Å². The van der Waals surface area contributed by atoms with Gasteiger partial charge in [-0.2, -0.15) is 13.2 Å². The quantitative estimate of drug-likeness (QED) is 0.664. The minimum atomic E-state index is -4.23. The molecule has 0 radical (unpaired) electrons. The molecule has 1 heterocycles. The highest BCUT2D eigenvalue weighted by atomic mass is 19.4. The fourth-order valence-electron chi connectivity index (χ4n) is 2.44. The topological polar surface area (TPSA) is 30.5 Å². The summed E-state index contributed by atoms with van der Waals surface area (Å²) in [7, 11) is 0. The number of rotatable bonds is 9. The monoisotopic (exact) mass is 297 g/mol. The van der Waals surface area contributed by atoms with E-state index in [1.165, 1.54) is 0 Å². The van der Waals surface area contributed by atoms with Gasteiger partial charge in [0.25, 0.3) is 0 Å². The van der Waals surface area contributed by atoms with Gasteiger partial charge in [-0.25, -0.2) is 0 Å². The number of nitrogens with one attached hydrogen (secondary N) is 1. The summed E-state index contributed by atoms with van der Waals surface area (Å²) in [5, 5.41) is 3.43. The molecule has 0 spiro atoms. The van der Waals surface area contributed by atoms with Gasteiger partial charge >= 0.3 is 6.18 Å². The predicted octanol–water partition coefficient (Wildman–Crippen LogP) is 3.00. The van der Waals surface area contributed by atoms with Crippen molar-refractivity contribution >= 4 is 0 Å². The zero-order valence-electron chi connectivity index (χ0n) is 12.4. The van der Waals surface area contributed by atoms with Gasteiger partial charge in [0.15, 0.2) is 0 Å². The molecule has 1 atom stereocenters. The van der Waals surface area contributed by atoms with Gasteiger partial charge in [0, 0.05) is 25.2 Å². The van der Waals surface area contributed by atoms with Crippen LogP contribution in [0.5, 0.6) is 0 Å². The molecule has 1 aliphatic heterocycles. The molecule has 20 heavy (non-hydrogen) atoms. The Kier molecular flexibility index (Phi) is 7.26. The fraction of sp³-hybridized carbons (Fsp3) is 1.00. The van der Waals surface area contributed by atoms with Crippen LogP contribution < -0.4 is 5.32 Å². The molecule has 0 bridgehead atoms. The van der Waals surface area contributed by atoms with Crippen LogP contribution in [0.15, 0.2) is 0 Å². The minimum absolute atomic E-state index is 0.0660. The molecule has 1 saturated heterocycles. The summed E-state index contributed by atoms with van der Waals surface area (Å²) in [5.74, 6) is 0.587. The van der Waals surface area contributed by atoms with Gasteiger partial charge in [0.05, 0.1) is 6.61 Å². The molecule has 1 fully saturated rings. The van der Waals surface area contributed by atoms with Crippen molar-refractivity contribution in [1.82, 2.24) is 5.32 Å². The average molecular weight is 297 g/mol. The Morgan fingerprint density at radius 3 is 2.65 bits per heavy atom. The van der Waals surface area contributed by atoms with E-state index in [1.54, 1.807) is 0 Å². The Morgan fingerprint density at radius 1 is 1.35 bits per heavy atom. The molecule has 0 aromatic rings. The van der Waals surface area contributed by atoms with Crippen LogP contribution in [-0.4, -0.2) is 45.7 Å². The van der Waals surface area contributed by atoms with E-state index in [2.05, 4.69) is 23.9 Å². The van der Waals surface area contributed by atoms with Gasteiger partial charge in [0.2, 0.25) is 0 Å². The second kappa shape index (κ2) is 8.20. The maximum Gasteiger partial charge on any atom is 0.411 e. The van der Waals surface area contributed by atoms with Crippen molar-refractivity contribution in [3.63, 3.8) is 0 Å². The van der Waals surface area contributed by atoms with Crippen LogP contribution in [0.1, 0.15) is 33.1 Å². The molecule has 0 aliphatic carbocycles. The summed E-state index contributed by atoms with van der Waals surface area (Å²) in [5.41, 5.74) is 0.0660. The largest absolute Gasteiger partial charge is 0.411 e. The van der Waals surface area contributed by atoms with E-state index in [-0.39, 0.29) is 12.0 Å². The van der Waals surface area contributed by atoms with Crippen LogP contribution in [0.25, 0.3) is 0 Å². The smallest absolute Gasteiger partial charge is 0.381 e. The predicted molar refractivity (Wildman–Crippen MR) is 71.7 cm³/mol. The first-order valence-electron chi connectivity index (χ1n) is 7.26. The summed E-state index contributed by atoms with van der Waals surface area (Å²) in [6.07, 6.45) is -1.77. The van der Waals surface area contributed by atoms with Crippen molar-refractivity contribution in [2.45, 2.75) is 39.3 Å². The van der Waals surface area contributed by atoms with Crippen LogP contribution in [0.2, 0.25) is 0 Å². The SMILES string of the molecule is CC(C)CNCC1(CCCOCC(F)(F)F)CCOC1. The third-order valence-electron chi connectivity index (χ3n) is 3.50.